The number of pyridine rings is 1. The number of nitrogens with one attached hydrogen (secondary N) is 1. The van der Waals surface area contributed by atoms with E-state index in [1.165, 1.54) is 37.6 Å². The first-order valence-corrected chi connectivity index (χ1v) is 11.8. The van der Waals surface area contributed by atoms with Gasteiger partial charge < -0.3 is 14.8 Å². The average molecular weight is 467 g/mol. The summed E-state index contributed by atoms with van der Waals surface area (Å²) in [6, 6.07) is 17.6. The highest BCUT2D eigenvalue weighted by Gasteiger charge is 2.24. The van der Waals surface area contributed by atoms with Crippen molar-refractivity contribution in [1.82, 2.24) is 4.98 Å². The van der Waals surface area contributed by atoms with E-state index in [4.69, 9.17) is 9.47 Å². The molecule has 0 saturated carbocycles. The van der Waals surface area contributed by atoms with Crippen LogP contribution in [-0.4, -0.2) is 27.1 Å². The number of sulfone groups is 1. The van der Waals surface area contributed by atoms with Crippen LogP contribution in [0.15, 0.2) is 82.7 Å². The van der Waals surface area contributed by atoms with E-state index in [0.29, 0.717) is 41.2 Å². The number of hydrogen-bond donors (Lipinski definition) is 1. The number of anilines is 1. The van der Waals surface area contributed by atoms with Crippen molar-refractivity contribution < 1.29 is 22.3 Å². The highest BCUT2D eigenvalue weighted by atomic mass is 32.2. The van der Waals surface area contributed by atoms with E-state index in [9.17, 15) is 12.8 Å². The maximum absolute atomic E-state index is 13.6. The molecule has 0 aliphatic carbocycles. The third-order valence-electron chi connectivity index (χ3n) is 5.16. The smallest absolute Gasteiger partial charge is 0.210 e. The van der Waals surface area contributed by atoms with Crippen LogP contribution in [0.5, 0.6) is 11.5 Å². The molecule has 0 aliphatic rings. The predicted octanol–water partition coefficient (Wildman–Crippen LogP) is 5.23. The van der Waals surface area contributed by atoms with Crippen LogP contribution in [0.25, 0.3) is 10.9 Å². The van der Waals surface area contributed by atoms with E-state index < -0.39 is 9.84 Å². The van der Waals surface area contributed by atoms with Crippen molar-refractivity contribution in [2.24, 2.45) is 0 Å². The lowest BCUT2D eigenvalue weighted by molar-refractivity contribution is 0.340. The Morgan fingerprint density at radius 2 is 1.67 bits per heavy atom. The van der Waals surface area contributed by atoms with Crippen molar-refractivity contribution in [3.8, 4) is 11.5 Å². The first-order valence-electron chi connectivity index (χ1n) is 10.4. The summed E-state index contributed by atoms with van der Waals surface area (Å²) in [4.78, 5) is 4.54. The minimum Gasteiger partial charge on any atom is -0.497 e. The Labute approximate surface area is 191 Å². The first kappa shape index (κ1) is 22.5. The van der Waals surface area contributed by atoms with Crippen LogP contribution < -0.4 is 14.8 Å². The minimum absolute atomic E-state index is 0.0379. The number of nitrogens with zero attached hydrogens (tertiary/aromatic N) is 1. The van der Waals surface area contributed by atoms with Gasteiger partial charge in [-0.05, 0) is 67.1 Å². The first-order chi connectivity index (χ1) is 15.9. The monoisotopic (exact) mass is 466 g/mol. The molecule has 0 unspecified atom stereocenters. The molecule has 33 heavy (non-hydrogen) atoms. The zero-order valence-corrected chi connectivity index (χ0v) is 19.0. The van der Waals surface area contributed by atoms with E-state index in [0.717, 1.165) is 5.56 Å². The predicted molar refractivity (Wildman–Crippen MR) is 125 cm³/mol. The SMILES string of the molecule is CCOc1ccc2ncc(S(=O)(=O)c3ccc(OC)cc3)c(NCc3ccc(F)cc3)c2c1. The fourth-order valence-electron chi connectivity index (χ4n) is 3.47. The van der Waals surface area contributed by atoms with Gasteiger partial charge >= 0.3 is 0 Å². The number of fused-ring (bicyclic) bond motifs is 1. The number of benzene rings is 3. The lowest BCUT2D eigenvalue weighted by Crippen LogP contribution is -2.10. The van der Waals surface area contributed by atoms with Gasteiger partial charge in [0.05, 0.1) is 29.8 Å². The van der Waals surface area contributed by atoms with Crippen molar-refractivity contribution >= 4 is 26.4 Å². The van der Waals surface area contributed by atoms with E-state index in [-0.39, 0.29) is 15.6 Å². The molecular formula is C25H23FN2O4S. The summed E-state index contributed by atoms with van der Waals surface area (Å²) in [6.07, 6.45) is 1.36. The normalized spacial score (nSPS) is 11.4. The summed E-state index contributed by atoms with van der Waals surface area (Å²) in [5, 5.41) is 3.85. The molecule has 8 heteroatoms. The summed E-state index contributed by atoms with van der Waals surface area (Å²) in [5.41, 5.74) is 1.82. The Morgan fingerprint density at radius 3 is 2.33 bits per heavy atom. The molecular weight excluding hydrogens is 443 g/mol. The third kappa shape index (κ3) is 4.75. The zero-order chi connectivity index (χ0) is 23.4. The number of halogens is 1. The van der Waals surface area contributed by atoms with Gasteiger partial charge in [0, 0.05) is 18.1 Å². The van der Waals surface area contributed by atoms with Crippen molar-refractivity contribution in [3.05, 3.63) is 84.3 Å². The van der Waals surface area contributed by atoms with Gasteiger partial charge in [0.15, 0.2) is 0 Å². The highest BCUT2D eigenvalue weighted by molar-refractivity contribution is 7.91. The van der Waals surface area contributed by atoms with Gasteiger partial charge in [0.1, 0.15) is 22.2 Å². The van der Waals surface area contributed by atoms with Crippen molar-refractivity contribution in [3.63, 3.8) is 0 Å². The largest absolute Gasteiger partial charge is 0.497 e. The van der Waals surface area contributed by atoms with E-state index in [1.807, 2.05) is 6.92 Å². The molecule has 1 heterocycles. The molecule has 3 aromatic carbocycles. The fourth-order valence-corrected chi connectivity index (χ4v) is 4.86. The second kappa shape index (κ2) is 9.46. The molecule has 4 rings (SSSR count). The Balaban J connectivity index is 1.84. The van der Waals surface area contributed by atoms with Crippen LogP contribution in [0.2, 0.25) is 0 Å². The lowest BCUT2D eigenvalue weighted by Gasteiger charge is -2.16. The van der Waals surface area contributed by atoms with Gasteiger partial charge in [-0.25, -0.2) is 12.8 Å². The van der Waals surface area contributed by atoms with Gasteiger partial charge in [0.25, 0.3) is 0 Å². The van der Waals surface area contributed by atoms with Crippen LogP contribution >= 0.6 is 0 Å². The molecule has 170 valence electrons. The van der Waals surface area contributed by atoms with Gasteiger partial charge in [0.2, 0.25) is 9.84 Å². The molecule has 0 saturated heterocycles. The van der Waals surface area contributed by atoms with Crippen molar-refractivity contribution in [1.29, 1.82) is 0 Å². The van der Waals surface area contributed by atoms with E-state index >= 15 is 0 Å². The summed E-state index contributed by atoms with van der Waals surface area (Å²) in [7, 11) is -2.39. The molecule has 0 aliphatic heterocycles. The van der Waals surface area contributed by atoms with Gasteiger partial charge in [-0.15, -0.1) is 0 Å². The van der Waals surface area contributed by atoms with Gasteiger partial charge in [-0.2, -0.15) is 0 Å². The van der Waals surface area contributed by atoms with E-state index in [1.54, 1.807) is 42.5 Å². The third-order valence-corrected chi connectivity index (χ3v) is 6.94. The van der Waals surface area contributed by atoms with Gasteiger partial charge in [-0.1, -0.05) is 12.1 Å². The standard InChI is InChI=1S/C25H23FN2O4S/c1-3-32-20-10-13-23-22(14-20)25(28-15-17-4-6-18(26)7-5-17)24(16-27-23)33(29,30)21-11-8-19(31-2)9-12-21/h4-14,16H,3,15H2,1-2H3,(H,27,28). The minimum atomic E-state index is -3.90. The molecule has 1 aromatic heterocycles. The Kier molecular flexibility index (Phi) is 6.46. The quantitative estimate of drug-likeness (QED) is 0.383. The van der Waals surface area contributed by atoms with Crippen LogP contribution in [0.3, 0.4) is 0 Å². The molecule has 0 spiro atoms. The van der Waals surface area contributed by atoms with Crippen molar-refractivity contribution in [2.45, 2.75) is 23.3 Å². The Hall–Kier alpha value is -3.65. The van der Waals surface area contributed by atoms with Crippen LogP contribution in [0.4, 0.5) is 10.1 Å². The average Bonchev–Trinajstić information content (AvgIpc) is 2.83. The molecule has 0 amide bonds. The second-order valence-corrected chi connectivity index (χ2v) is 9.19. The highest BCUT2D eigenvalue weighted by Crippen LogP contribution is 2.35. The lowest BCUT2D eigenvalue weighted by atomic mass is 10.1. The zero-order valence-electron chi connectivity index (χ0n) is 18.2. The summed E-state index contributed by atoms with van der Waals surface area (Å²) >= 11 is 0. The van der Waals surface area contributed by atoms with Crippen LogP contribution in [-0.2, 0) is 16.4 Å². The number of methoxy groups -OCH3 is 1. The molecule has 6 nitrogen and oxygen atoms in total. The molecule has 4 aromatic rings. The molecule has 1 N–H and O–H groups in total. The number of hydrogen-bond acceptors (Lipinski definition) is 6. The summed E-state index contributed by atoms with van der Waals surface area (Å²) < 4.78 is 51.2. The topological polar surface area (TPSA) is 77.5 Å². The Bertz CT molecular complexity index is 1370. The summed E-state index contributed by atoms with van der Waals surface area (Å²) in [5.74, 6) is 0.828. The number of ether oxygens (including phenoxy) is 2. The molecule has 0 atom stereocenters. The molecule has 0 radical (unpaired) electrons. The molecule has 0 fully saturated rings. The number of rotatable bonds is 8. The maximum atomic E-state index is 13.6. The van der Waals surface area contributed by atoms with E-state index in [2.05, 4.69) is 10.3 Å². The van der Waals surface area contributed by atoms with Crippen molar-refractivity contribution in [2.75, 3.05) is 19.0 Å². The maximum Gasteiger partial charge on any atom is 0.210 e. The second-order valence-electron chi connectivity index (χ2n) is 7.27. The van der Waals surface area contributed by atoms with Crippen LogP contribution in [0, 0.1) is 5.82 Å². The molecule has 0 bridgehead atoms. The Morgan fingerprint density at radius 1 is 0.970 bits per heavy atom. The number of aromatic nitrogens is 1. The van der Waals surface area contributed by atoms with Gasteiger partial charge in [-0.3, -0.25) is 4.98 Å². The summed E-state index contributed by atoms with van der Waals surface area (Å²) in [6.45, 7) is 2.64. The van der Waals surface area contributed by atoms with Crippen LogP contribution in [0.1, 0.15) is 12.5 Å². The fraction of sp³-hybridized carbons (Fsp3) is 0.160.